The minimum Gasteiger partial charge on any atom is -0.475 e. The standard InChI is InChI=1S/C20H18ClN5OS.C2HF3O2/c21-15-4-2-1-3-14(15)17-8-28-19(24-17)25-18(27)16-6-5-13(7-23-16)26-11-20(12-26)9-22-10-20;3-2(4,5)1(6)7/h1-8,22H,9-12H2,(H,24,25,27);(H,6,7). The van der Waals surface area contributed by atoms with Gasteiger partial charge in [-0.2, -0.15) is 13.2 Å². The van der Waals surface area contributed by atoms with Crippen molar-refractivity contribution in [1.82, 2.24) is 15.3 Å². The number of carbonyl (C=O) groups is 2. The topological polar surface area (TPSA) is 107 Å². The number of halogens is 4. The summed E-state index contributed by atoms with van der Waals surface area (Å²) in [4.78, 5) is 32.5. The predicted octanol–water partition coefficient (Wildman–Crippen LogP) is 4.15. The first kappa shape index (κ1) is 24.9. The van der Waals surface area contributed by atoms with Crippen LogP contribution in [0.15, 0.2) is 48.0 Å². The van der Waals surface area contributed by atoms with Gasteiger partial charge >= 0.3 is 12.1 Å². The van der Waals surface area contributed by atoms with Gasteiger partial charge < -0.3 is 15.3 Å². The Morgan fingerprint density at radius 1 is 1.17 bits per heavy atom. The number of carbonyl (C=O) groups excluding carboxylic acids is 1. The highest BCUT2D eigenvalue weighted by molar-refractivity contribution is 7.14. The van der Waals surface area contributed by atoms with Gasteiger partial charge in [-0.3, -0.25) is 10.1 Å². The summed E-state index contributed by atoms with van der Waals surface area (Å²) in [5.41, 5.74) is 3.48. The van der Waals surface area contributed by atoms with E-state index >= 15 is 0 Å². The quantitative estimate of drug-likeness (QED) is 0.469. The second-order valence-corrected chi connectivity index (χ2v) is 9.40. The van der Waals surface area contributed by atoms with Crippen LogP contribution in [-0.2, 0) is 4.79 Å². The lowest BCUT2D eigenvalue weighted by molar-refractivity contribution is -0.192. The molecule has 2 aromatic heterocycles. The number of alkyl halides is 3. The van der Waals surface area contributed by atoms with Crippen molar-refractivity contribution in [1.29, 1.82) is 0 Å². The average Bonchev–Trinajstić information content (AvgIpc) is 3.20. The van der Waals surface area contributed by atoms with E-state index in [0.717, 1.165) is 43.1 Å². The van der Waals surface area contributed by atoms with Crippen molar-refractivity contribution in [3.05, 3.63) is 58.7 Å². The van der Waals surface area contributed by atoms with Gasteiger partial charge in [0.15, 0.2) is 5.13 Å². The number of hydrogen-bond acceptors (Lipinski definition) is 7. The monoisotopic (exact) mass is 525 g/mol. The SMILES string of the molecule is O=C(Nc1nc(-c2ccccc2Cl)cs1)c1ccc(N2CC3(CNC3)C2)cn1.O=C(O)C(F)(F)F. The van der Waals surface area contributed by atoms with Crippen molar-refractivity contribution in [2.45, 2.75) is 6.18 Å². The number of nitrogens with zero attached hydrogens (tertiary/aromatic N) is 3. The van der Waals surface area contributed by atoms with E-state index in [2.05, 4.69) is 25.5 Å². The fourth-order valence-corrected chi connectivity index (χ4v) is 4.58. The minimum atomic E-state index is -5.08. The molecule has 2 fully saturated rings. The Kier molecular flexibility index (Phi) is 6.97. The van der Waals surface area contributed by atoms with Crippen LogP contribution < -0.4 is 15.5 Å². The molecule has 2 saturated heterocycles. The molecule has 0 saturated carbocycles. The molecule has 1 amide bonds. The summed E-state index contributed by atoms with van der Waals surface area (Å²) in [5, 5.41) is 16.3. The molecule has 0 atom stereocenters. The van der Waals surface area contributed by atoms with Crippen molar-refractivity contribution >= 4 is 45.6 Å². The molecule has 2 aliphatic rings. The van der Waals surface area contributed by atoms with Crippen LogP contribution in [0.3, 0.4) is 0 Å². The van der Waals surface area contributed by atoms with E-state index in [1.54, 1.807) is 12.3 Å². The molecule has 0 bridgehead atoms. The Bertz CT molecular complexity index is 1220. The van der Waals surface area contributed by atoms with Crippen molar-refractivity contribution < 1.29 is 27.9 Å². The van der Waals surface area contributed by atoms with E-state index in [9.17, 15) is 18.0 Å². The zero-order chi connectivity index (χ0) is 25.2. The lowest BCUT2D eigenvalue weighted by Crippen LogP contribution is -2.71. The zero-order valence-corrected chi connectivity index (χ0v) is 19.5. The smallest absolute Gasteiger partial charge is 0.475 e. The van der Waals surface area contributed by atoms with Gasteiger partial charge in [0.25, 0.3) is 5.91 Å². The van der Waals surface area contributed by atoms with Crippen molar-refractivity contribution in [2.75, 3.05) is 36.4 Å². The summed E-state index contributed by atoms with van der Waals surface area (Å²) in [6, 6.07) is 11.2. The molecule has 1 spiro atoms. The summed E-state index contributed by atoms with van der Waals surface area (Å²) < 4.78 is 31.7. The number of carboxylic acids is 1. The maximum atomic E-state index is 12.5. The Hall–Kier alpha value is -3.22. The number of pyridine rings is 1. The van der Waals surface area contributed by atoms with Gasteiger partial charge in [0.05, 0.1) is 17.6 Å². The second kappa shape index (κ2) is 9.80. The third kappa shape index (κ3) is 5.72. The van der Waals surface area contributed by atoms with Crippen LogP contribution in [0.4, 0.5) is 24.0 Å². The summed E-state index contributed by atoms with van der Waals surface area (Å²) >= 11 is 7.58. The molecule has 35 heavy (non-hydrogen) atoms. The lowest BCUT2D eigenvalue weighted by atomic mass is 9.74. The van der Waals surface area contributed by atoms with Crippen LogP contribution in [0.2, 0.25) is 5.02 Å². The molecule has 3 aromatic rings. The van der Waals surface area contributed by atoms with Crippen LogP contribution in [0.1, 0.15) is 10.5 Å². The van der Waals surface area contributed by atoms with Gasteiger partial charge in [-0.25, -0.2) is 14.8 Å². The van der Waals surface area contributed by atoms with E-state index in [1.165, 1.54) is 11.3 Å². The molecule has 1 aromatic carbocycles. The second-order valence-electron chi connectivity index (χ2n) is 8.14. The third-order valence-electron chi connectivity index (χ3n) is 5.52. The van der Waals surface area contributed by atoms with Gasteiger partial charge in [-0.05, 0) is 18.2 Å². The van der Waals surface area contributed by atoms with Gasteiger partial charge in [-0.15, -0.1) is 11.3 Å². The van der Waals surface area contributed by atoms with E-state index in [1.807, 2.05) is 35.7 Å². The van der Waals surface area contributed by atoms with Crippen LogP contribution in [-0.4, -0.2) is 59.3 Å². The van der Waals surface area contributed by atoms with Crippen LogP contribution >= 0.6 is 22.9 Å². The molecule has 0 aliphatic carbocycles. The Morgan fingerprint density at radius 3 is 2.40 bits per heavy atom. The molecular weight excluding hydrogens is 507 g/mol. The molecule has 0 unspecified atom stereocenters. The number of amides is 1. The van der Waals surface area contributed by atoms with E-state index < -0.39 is 12.1 Å². The maximum Gasteiger partial charge on any atom is 0.490 e. The van der Waals surface area contributed by atoms with Gasteiger partial charge in [0, 0.05) is 47.6 Å². The van der Waals surface area contributed by atoms with Gasteiger partial charge in [0.2, 0.25) is 0 Å². The highest BCUT2D eigenvalue weighted by atomic mass is 35.5. The largest absolute Gasteiger partial charge is 0.490 e. The summed E-state index contributed by atoms with van der Waals surface area (Å²) in [5.74, 6) is -3.03. The zero-order valence-electron chi connectivity index (χ0n) is 18.0. The Labute approximate surface area is 206 Å². The Morgan fingerprint density at radius 2 is 1.86 bits per heavy atom. The number of nitrogens with one attached hydrogen (secondary N) is 2. The number of rotatable bonds is 4. The summed E-state index contributed by atoms with van der Waals surface area (Å²) in [7, 11) is 0. The lowest BCUT2D eigenvalue weighted by Gasteiger charge is -2.57. The predicted molar refractivity (Wildman–Crippen MR) is 126 cm³/mol. The number of hydrogen-bond donors (Lipinski definition) is 3. The molecular formula is C22H19ClF3N5O3S. The normalized spacial score (nSPS) is 15.9. The molecule has 8 nitrogen and oxygen atoms in total. The van der Waals surface area contributed by atoms with Crippen molar-refractivity contribution in [3.63, 3.8) is 0 Å². The van der Waals surface area contributed by atoms with E-state index in [-0.39, 0.29) is 5.91 Å². The maximum absolute atomic E-state index is 12.5. The van der Waals surface area contributed by atoms with Crippen molar-refractivity contribution in [2.24, 2.45) is 5.41 Å². The summed E-state index contributed by atoms with van der Waals surface area (Å²) in [6.07, 6.45) is -3.31. The molecule has 3 N–H and O–H groups in total. The van der Waals surface area contributed by atoms with Gasteiger partial charge in [-0.1, -0.05) is 29.8 Å². The van der Waals surface area contributed by atoms with Crippen LogP contribution in [0.5, 0.6) is 0 Å². The number of thiazole rings is 1. The molecule has 184 valence electrons. The molecule has 0 radical (unpaired) electrons. The fourth-order valence-electron chi connectivity index (χ4n) is 3.64. The molecule has 5 rings (SSSR count). The number of anilines is 2. The first-order chi connectivity index (χ1) is 16.6. The van der Waals surface area contributed by atoms with E-state index in [0.29, 0.717) is 21.3 Å². The van der Waals surface area contributed by atoms with Gasteiger partial charge in [0.1, 0.15) is 5.69 Å². The van der Waals surface area contributed by atoms with Crippen molar-refractivity contribution in [3.8, 4) is 11.3 Å². The first-order valence-corrected chi connectivity index (χ1v) is 11.6. The average molecular weight is 526 g/mol. The number of aliphatic carboxylic acids is 1. The molecule has 4 heterocycles. The van der Waals surface area contributed by atoms with E-state index in [4.69, 9.17) is 21.5 Å². The molecule has 13 heteroatoms. The summed E-state index contributed by atoms with van der Waals surface area (Å²) in [6.45, 7) is 4.30. The fraction of sp³-hybridized carbons (Fsp3) is 0.273. The minimum absolute atomic E-state index is 0.269. The van der Waals surface area contributed by atoms with Crippen LogP contribution in [0, 0.1) is 5.41 Å². The number of aromatic nitrogens is 2. The number of benzene rings is 1. The molecule has 2 aliphatic heterocycles. The highest BCUT2D eigenvalue weighted by Gasteiger charge is 2.47. The third-order valence-corrected chi connectivity index (χ3v) is 6.60. The van der Waals surface area contributed by atoms with Crippen LogP contribution in [0.25, 0.3) is 11.3 Å². The Balaban J connectivity index is 0.000000364. The number of carboxylic acid groups (broad SMARTS) is 1. The first-order valence-electron chi connectivity index (χ1n) is 10.3. The highest BCUT2D eigenvalue weighted by Crippen LogP contribution is 2.37.